The van der Waals surface area contributed by atoms with Crippen molar-refractivity contribution in [3.8, 4) is 0 Å². The van der Waals surface area contributed by atoms with E-state index in [0.29, 0.717) is 0 Å². The average Bonchev–Trinajstić information content (AvgIpc) is 2.75. The van der Waals surface area contributed by atoms with Gasteiger partial charge in [0.2, 0.25) is 0 Å². The molecule has 1 aromatic rings. The van der Waals surface area contributed by atoms with E-state index < -0.39 is 0 Å². The summed E-state index contributed by atoms with van der Waals surface area (Å²) in [5.74, 6) is 0.836. The number of hydrogen-bond acceptors (Lipinski definition) is 3. The van der Waals surface area contributed by atoms with Crippen molar-refractivity contribution in [3.05, 3.63) is 19.2 Å². The highest BCUT2D eigenvalue weighted by Gasteiger charge is 2.22. The largest absolute Gasteiger partial charge is 0.370 e. The van der Waals surface area contributed by atoms with Gasteiger partial charge in [-0.15, -0.1) is 11.3 Å². The monoisotopic (exact) mass is 408 g/mol. The van der Waals surface area contributed by atoms with Crippen LogP contribution in [0.3, 0.4) is 0 Å². The molecule has 0 N–H and O–H groups in total. The molecule has 2 atom stereocenters. The highest BCUT2D eigenvalue weighted by Crippen LogP contribution is 2.33. The molecule has 1 aromatic heterocycles. The van der Waals surface area contributed by atoms with E-state index in [1.54, 1.807) is 0 Å². The van der Waals surface area contributed by atoms with E-state index in [4.69, 9.17) is 4.74 Å². The van der Waals surface area contributed by atoms with Crippen LogP contribution < -0.4 is 0 Å². The van der Waals surface area contributed by atoms with Gasteiger partial charge in [0.05, 0.1) is 13.7 Å². The summed E-state index contributed by atoms with van der Waals surface area (Å²) in [6, 6.07) is 1.86. The second-order valence-corrected chi connectivity index (χ2v) is 8.78. The summed E-state index contributed by atoms with van der Waals surface area (Å²) in [6.45, 7) is 2.43. The van der Waals surface area contributed by atoms with Gasteiger partial charge >= 0.3 is 0 Å². The van der Waals surface area contributed by atoms with Crippen LogP contribution in [0.5, 0.6) is 0 Å². The molecular weight excluding hydrogens is 392 g/mol. The number of Topliss-reactive ketones (excluding diaryl/α,β-unsaturated/α-hetero) is 1. The fourth-order valence-electron chi connectivity index (χ4n) is 2.57. The summed E-state index contributed by atoms with van der Waals surface area (Å²) in [5.41, 5.74) is 0.722. The van der Waals surface area contributed by atoms with E-state index >= 15 is 0 Å². The predicted molar refractivity (Wildman–Crippen MR) is 86.0 cm³/mol. The fourth-order valence-corrected chi connectivity index (χ4v) is 5.42. The number of rotatable bonds is 5. The van der Waals surface area contributed by atoms with Crippen LogP contribution in [0.2, 0.25) is 0 Å². The van der Waals surface area contributed by atoms with E-state index in [1.165, 1.54) is 30.6 Å². The van der Waals surface area contributed by atoms with Gasteiger partial charge in [0.15, 0.2) is 5.78 Å². The first kappa shape index (κ1) is 15.7. The first-order chi connectivity index (χ1) is 9.10. The topological polar surface area (TPSA) is 26.3 Å². The zero-order chi connectivity index (χ0) is 13.8. The molecule has 0 bridgehead atoms. The Morgan fingerprint density at radius 2 is 2.26 bits per heavy atom. The van der Waals surface area contributed by atoms with E-state index in [1.807, 2.05) is 6.07 Å². The second kappa shape index (κ2) is 7.34. The number of thiophene rings is 1. The Bertz CT molecular complexity index is 445. The lowest BCUT2D eigenvalue weighted by molar-refractivity contribution is 0.0156. The molecule has 0 aliphatic heterocycles. The second-order valence-electron chi connectivity index (χ2n) is 5.03. The SMILES string of the molecule is CCC1CCCC(OCC(=O)c2cc(Br)sc2Br)C1. The van der Waals surface area contributed by atoms with Gasteiger partial charge < -0.3 is 4.74 Å². The Kier molecular flexibility index (Phi) is 6.06. The lowest BCUT2D eigenvalue weighted by atomic mass is 9.85. The molecule has 2 unspecified atom stereocenters. The minimum Gasteiger partial charge on any atom is -0.370 e. The van der Waals surface area contributed by atoms with Crippen LogP contribution in [0.25, 0.3) is 0 Å². The standard InChI is InChI=1S/C14H18Br2O2S/c1-2-9-4-3-5-10(6-9)18-8-12(17)11-7-13(15)19-14(11)16/h7,9-10H,2-6,8H2,1H3. The summed E-state index contributed by atoms with van der Waals surface area (Å²) < 4.78 is 7.66. The van der Waals surface area contributed by atoms with Crippen LogP contribution in [-0.2, 0) is 4.74 Å². The summed E-state index contributed by atoms with van der Waals surface area (Å²) >= 11 is 8.33. The average molecular weight is 410 g/mol. The first-order valence-electron chi connectivity index (χ1n) is 6.69. The maximum absolute atomic E-state index is 12.1. The third-order valence-corrected chi connectivity index (χ3v) is 6.06. The minimum absolute atomic E-state index is 0.0625. The Balaban J connectivity index is 1.85. The van der Waals surface area contributed by atoms with Gasteiger partial charge in [-0.2, -0.15) is 0 Å². The molecule has 0 amide bonds. The zero-order valence-corrected chi connectivity index (χ0v) is 14.9. The van der Waals surface area contributed by atoms with Crippen LogP contribution in [0.4, 0.5) is 0 Å². The van der Waals surface area contributed by atoms with Crippen molar-refractivity contribution in [2.45, 2.75) is 45.1 Å². The van der Waals surface area contributed by atoms with Gasteiger partial charge in [0.25, 0.3) is 0 Å². The van der Waals surface area contributed by atoms with Crippen molar-refractivity contribution in [2.24, 2.45) is 5.92 Å². The van der Waals surface area contributed by atoms with Gasteiger partial charge in [-0.25, -0.2) is 0 Å². The van der Waals surface area contributed by atoms with Crippen LogP contribution >= 0.6 is 43.2 Å². The molecule has 0 radical (unpaired) electrons. The van der Waals surface area contributed by atoms with Crippen LogP contribution in [-0.4, -0.2) is 18.5 Å². The molecule has 1 aliphatic carbocycles. The third kappa shape index (κ3) is 4.38. The summed E-state index contributed by atoms with van der Waals surface area (Å²) in [4.78, 5) is 12.1. The van der Waals surface area contributed by atoms with Crippen molar-refractivity contribution >= 4 is 49.0 Å². The van der Waals surface area contributed by atoms with E-state index in [2.05, 4.69) is 38.8 Å². The van der Waals surface area contributed by atoms with Crippen molar-refractivity contribution < 1.29 is 9.53 Å². The number of hydrogen-bond donors (Lipinski definition) is 0. The Morgan fingerprint density at radius 1 is 1.47 bits per heavy atom. The lowest BCUT2D eigenvalue weighted by Gasteiger charge is -2.28. The van der Waals surface area contributed by atoms with Crippen molar-refractivity contribution in [1.29, 1.82) is 0 Å². The van der Waals surface area contributed by atoms with Gasteiger partial charge in [-0.1, -0.05) is 26.2 Å². The Morgan fingerprint density at radius 3 is 2.89 bits per heavy atom. The maximum Gasteiger partial charge on any atom is 0.190 e. The molecule has 2 nitrogen and oxygen atoms in total. The number of ether oxygens (including phenoxy) is 1. The molecule has 5 heteroatoms. The van der Waals surface area contributed by atoms with Crippen LogP contribution in [0.15, 0.2) is 13.6 Å². The van der Waals surface area contributed by atoms with Crippen molar-refractivity contribution in [2.75, 3.05) is 6.61 Å². The zero-order valence-electron chi connectivity index (χ0n) is 11.0. The van der Waals surface area contributed by atoms with Gasteiger partial charge in [-0.05, 0) is 56.7 Å². The minimum atomic E-state index is 0.0625. The highest BCUT2D eigenvalue weighted by atomic mass is 79.9. The molecule has 1 saturated carbocycles. The maximum atomic E-state index is 12.1. The molecule has 0 saturated heterocycles. The fraction of sp³-hybridized carbons (Fsp3) is 0.643. The van der Waals surface area contributed by atoms with E-state index in [0.717, 1.165) is 31.9 Å². The molecule has 0 aromatic carbocycles. The molecule has 2 rings (SSSR count). The third-order valence-electron chi connectivity index (χ3n) is 3.72. The van der Waals surface area contributed by atoms with Crippen LogP contribution in [0.1, 0.15) is 49.4 Å². The summed E-state index contributed by atoms with van der Waals surface area (Å²) in [7, 11) is 0. The van der Waals surface area contributed by atoms with Gasteiger partial charge in [0.1, 0.15) is 6.61 Å². The smallest absolute Gasteiger partial charge is 0.190 e. The van der Waals surface area contributed by atoms with E-state index in [-0.39, 0.29) is 18.5 Å². The normalized spacial score (nSPS) is 23.5. The van der Waals surface area contributed by atoms with Crippen LogP contribution in [0, 0.1) is 5.92 Å². The predicted octanol–water partition coefficient (Wildman–Crippen LogP) is 5.44. The van der Waals surface area contributed by atoms with Crippen molar-refractivity contribution in [3.63, 3.8) is 0 Å². The summed E-state index contributed by atoms with van der Waals surface area (Å²) in [6.07, 6.45) is 6.23. The number of halogens is 2. The molecule has 19 heavy (non-hydrogen) atoms. The van der Waals surface area contributed by atoms with Crippen molar-refractivity contribution in [1.82, 2.24) is 0 Å². The Hall–Kier alpha value is 0.290. The molecule has 1 aliphatic rings. The quantitative estimate of drug-likeness (QED) is 0.605. The molecule has 106 valence electrons. The number of ketones is 1. The summed E-state index contributed by atoms with van der Waals surface area (Å²) in [5, 5.41) is 0. The molecule has 0 spiro atoms. The molecule has 1 heterocycles. The van der Waals surface area contributed by atoms with Gasteiger partial charge in [-0.3, -0.25) is 4.79 Å². The van der Waals surface area contributed by atoms with E-state index in [9.17, 15) is 4.79 Å². The first-order valence-corrected chi connectivity index (χ1v) is 9.10. The molecule has 1 fully saturated rings. The highest BCUT2D eigenvalue weighted by molar-refractivity contribution is 9.12. The molecular formula is C14H18Br2O2S. The number of carbonyl (C=O) groups excluding carboxylic acids is 1. The Labute approximate surface area is 135 Å². The lowest BCUT2D eigenvalue weighted by Crippen LogP contribution is -2.25. The van der Waals surface area contributed by atoms with Gasteiger partial charge in [0, 0.05) is 5.56 Å². The number of carbonyl (C=O) groups is 1.